The molecule has 0 bridgehead atoms. The Kier molecular flexibility index (Phi) is 6.13. The van der Waals surface area contributed by atoms with Crippen LogP contribution < -0.4 is 15.5 Å². The van der Waals surface area contributed by atoms with Crippen LogP contribution in [0.4, 0.5) is 6.01 Å². The van der Waals surface area contributed by atoms with Crippen LogP contribution in [0.1, 0.15) is 26.2 Å². The van der Waals surface area contributed by atoms with E-state index in [1.807, 2.05) is 13.8 Å². The van der Waals surface area contributed by atoms with Crippen molar-refractivity contribution in [1.82, 2.24) is 20.8 Å². The third-order valence-corrected chi connectivity index (χ3v) is 2.26. The molecule has 0 saturated heterocycles. The number of likely N-dealkylation sites (N-methyl/N-ethyl adjacent to an activating group) is 1. The fourth-order valence-electron chi connectivity index (χ4n) is 1.31. The highest BCUT2D eigenvalue weighted by molar-refractivity contribution is 5.80. The van der Waals surface area contributed by atoms with Crippen LogP contribution in [0.25, 0.3) is 0 Å². The van der Waals surface area contributed by atoms with Crippen LogP contribution >= 0.6 is 0 Å². The van der Waals surface area contributed by atoms with E-state index in [1.54, 1.807) is 11.9 Å². The number of nitrogens with one attached hydrogen (secondary N) is 2. The summed E-state index contributed by atoms with van der Waals surface area (Å²) in [5, 5.41) is 13.7. The van der Waals surface area contributed by atoms with E-state index in [9.17, 15) is 4.79 Å². The van der Waals surface area contributed by atoms with Gasteiger partial charge in [0.25, 0.3) is 0 Å². The van der Waals surface area contributed by atoms with Gasteiger partial charge in [-0.1, -0.05) is 18.9 Å². The van der Waals surface area contributed by atoms with Gasteiger partial charge in [-0.3, -0.25) is 4.79 Å². The van der Waals surface area contributed by atoms with Gasteiger partial charge in [-0.2, -0.15) is 0 Å². The third kappa shape index (κ3) is 4.70. The molecule has 0 aromatic carbocycles. The van der Waals surface area contributed by atoms with Crippen molar-refractivity contribution in [3.8, 4) is 0 Å². The summed E-state index contributed by atoms with van der Waals surface area (Å²) in [6, 6.07) is 0.356. The summed E-state index contributed by atoms with van der Waals surface area (Å²) < 4.78 is 5.41. The molecule has 1 rings (SSSR count). The van der Waals surface area contributed by atoms with Gasteiger partial charge in [0.05, 0.1) is 6.54 Å². The molecular weight excluding hydrogens is 234 g/mol. The molecule has 0 aliphatic rings. The van der Waals surface area contributed by atoms with E-state index in [-0.39, 0.29) is 12.5 Å². The zero-order valence-corrected chi connectivity index (χ0v) is 11.2. The number of nitrogens with zero attached hydrogens (tertiary/aromatic N) is 3. The first kappa shape index (κ1) is 14.4. The van der Waals surface area contributed by atoms with E-state index in [0.717, 1.165) is 13.0 Å². The Balaban J connectivity index is 2.43. The predicted molar refractivity (Wildman–Crippen MR) is 68.2 cm³/mol. The number of carbonyl (C=O) groups is 1. The molecule has 102 valence electrons. The highest BCUT2D eigenvalue weighted by Gasteiger charge is 2.13. The largest absolute Gasteiger partial charge is 0.407 e. The fraction of sp³-hybridized carbons (Fsp3) is 0.727. The van der Waals surface area contributed by atoms with E-state index in [4.69, 9.17) is 4.42 Å². The smallest absolute Gasteiger partial charge is 0.318 e. The Morgan fingerprint density at radius 2 is 2.17 bits per heavy atom. The first-order chi connectivity index (χ1) is 8.67. The topological polar surface area (TPSA) is 83.3 Å². The van der Waals surface area contributed by atoms with Gasteiger partial charge in [-0.05, 0) is 13.0 Å². The molecule has 0 saturated carbocycles. The van der Waals surface area contributed by atoms with E-state index in [0.29, 0.717) is 25.0 Å². The molecule has 0 aliphatic heterocycles. The van der Waals surface area contributed by atoms with Gasteiger partial charge in [0.15, 0.2) is 0 Å². The van der Waals surface area contributed by atoms with Crippen molar-refractivity contribution in [1.29, 1.82) is 0 Å². The first-order valence-electron chi connectivity index (χ1n) is 6.18. The van der Waals surface area contributed by atoms with E-state index < -0.39 is 0 Å². The lowest BCUT2D eigenvalue weighted by molar-refractivity contribution is -0.119. The lowest BCUT2D eigenvalue weighted by Crippen LogP contribution is -2.35. The van der Waals surface area contributed by atoms with Gasteiger partial charge in [0.2, 0.25) is 11.8 Å². The van der Waals surface area contributed by atoms with Crippen molar-refractivity contribution < 1.29 is 9.21 Å². The first-order valence-corrected chi connectivity index (χ1v) is 6.18. The number of rotatable bonds is 8. The number of amides is 1. The molecule has 0 aliphatic carbocycles. The summed E-state index contributed by atoms with van der Waals surface area (Å²) in [7, 11) is 1.75. The Labute approximate surface area is 107 Å². The molecule has 2 N–H and O–H groups in total. The summed E-state index contributed by atoms with van der Waals surface area (Å²) in [6.45, 7) is 6.29. The van der Waals surface area contributed by atoms with Gasteiger partial charge in [0.1, 0.15) is 6.54 Å². The highest BCUT2D eigenvalue weighted by atomic mass is 16.4. The van der Waals surface area contributed by atoms with E-state index in [1.165, 1.54) is 0 Å². The lowest BCUT2D eigenvalue weighted by atomic mass is 10.4. The highest BCUT2D eigenvalue weighted by Crippen LogP contribution is 2.09. The number of hydrogen-bond acceptors (Lipinski definition) is 6. The maximum atomic E-state index is 11.5. The Bertz CT molecular complexity index is 366. The van der Waals surface area contributed by atoms with Gasteiger partial charge in [0, 0.05) is 13.6 Å². The van der Waals surface area contributed by atoms with Crippen molar-refractivity contribution in [2.45, 2.75) is 26.8 Å². The quantitative estimate of drug-likeness (QED) is 0.687. The minimum absolute atomic E-state index is 0.0502. The molecule has 1 aromatic heterocycles. The van der Waals surface area contributed by atoms with E-state index in [2.05, 4.69) is 20.8 Å². The second kappa shape index (κ2) is 7.65. The molecule has 7 heteroatoms. The van der Waals surface area contributed by atoms with Crippen LogP contribution in [0.2, 0.25) is 0 Å². The summed E-state index contributed by atoms with van der Waals surface area (Å²) in [6.07, 6.45) is 0.919. The summed E-state index contributed by atoms with van der Waals surface area (Å²) in [5.41, 5.74) is 0. The standard InChI is InChI=1S/C11H21N5O2/c1-4-6-13-9(17)8-16(3)11-15-14-10(18-11)7-12-5-2/h12H,4-8H2,1-3H3,(H,13,17). The van der Waals surface area contributed by atoms with Crippen LogP contribution in [0.3, 0.4) is 0 Å². The fourth-order valence-corrected chi connectivity index (χ4v) is 1.31. The normalized spacial score (nSPS) is 10.4. The zero-order valence-electron chi connectivity index (χ0n) is 11.2. The number of aromatic nitrogens is 2. The van der Waals surface area contributed by atoms with Gasteiger partial charge in [-0.25, -0.2) is 0 Å². The van der Waals surface area contributed by atoms with Crippen molar-refractivity contribution in [2.24, 2.45) is 0 Å². The maximum Gasteiger partial charge on any atom is 0.318 e. The molecule has 1 aromatic rings. The van der Waals surface area contributed by atoms with Gasteiger partial charge in [-0.15, -0.1) is 5.10 Å². The Morgan fingerprint density at radius 1 is 1.39 bits per heavy atom. The summed E-state index contributed by atoms with van der Waals surface area (Å²) in [5.74, 6) is 0.471. The van der Waals surface area contributed by atoms with Gasteiger partial charge < -0.3 is 20.0 Å². The van der Waals surface area contributed by atoms with Crippen LogP contribution in [0.15, 0.2) is 4.42 Å². The average Bonchev–Trinajstić information content (AvgIpc) is 2.82. The average molecular weight is 255 g/mol. The molecule has 7 nitrogen and oxygen atoms in total. The third-order valence-electron chi connectivity index (χ3n) is 2.26. The van der Waals surface area contributed by atoms with Crippen LogP contribution in [-0.4, -0.2) is 42.8 Å². The van der Waals surface area contributed by atoms with Crippen molar-refractivity contribution >= 4 is 11.9 Å². The number of anilines is 1. The molecular formula is C11H21N5O2. The molecule has 0 unspecified atom stereocenters. The van der Waals surface area contributed by atoms with Crippen molar-refractivity contribution in [3.05, 3.63) is 5.89 Å². The Hall–Kier alpha value is -1.63. The number of carbonyl (C=O) groups excluding carboxylic acids is 1. The maximum absolute atomic E-state index is 11.5. The summed E-state index contributed by atoms with van der Waals surface area (Å²) in [4.78, 5) is 13.1. The molecule has 0 radical (unpaired) electrons. The minimum Gasteiger partial charge on any atom is -0.407 e. The minimum atomic E-state index is -0.0502. The Morgan fingerprint density at radius 3 is 2.83 bits per heavy atom. The second-order valence-corrected chi connectivity index (χ2v) is 3.96. The molecule has 0 spiro atoms. The van der Waals surface area contributed by atoms with Crippen LogP contribution in [-0.2, 0) is 11.3 Å². The molecule has 0 fully saturated rings. The van der Waals surface area contributed by atoms with Crippen LogP contribution in [0.5, 0.6) is 0 Å². The predicted octanol–water partition coefficient (Wildman–Crippen LogP) is 0.142. The molecule has 1 amide bonds. The van der Waals surface area contributed by atoms with Gasteiger partial charge >= 0.3 is 6.01 Å². The zero-order chi connectivity index (χ0) is 13.4. The summed E-state index contributed by atoms with van der Waals surface area (Å²) >= 11 is 0. The lowest BCUT2D eigenvalue weighted by Gasteiger charge is -2.13. The molecule has 18 heavy (non-hydrogen) atoms. The van der Waals surface area contributed by atoms with E-state index >= 15 is 0 Å². The van der Waals surface area contributed by atoms with Crippen molar-refractivity contribution in [2.75, 3.05) is 31.6 Å². The van der Waals surface area contributed by atoms with Crippen molar-refractivity contribution in [3.63, 3.8) is 0 Å². The number of hydrogen-bond donors (Lipinski definition) is 2. The second-order valence-electron chi connectivity index (χ2n) is 3.96. The molecule has 1 heterocycles. The molecule has 0 atom stereocenters. The monoisotopic (exact) mass is 255 g/mol. The van der Waals surface area contributed by atoms with Crippen LogP contribution in [0, 0.1) is 0 Å². The SMILES string of the molecule is CCCNC(=O)CN(C)c1nnc(CNCC)o1.